The molecule has 4 heteroatoms. The predicted molar refractivity (Wildman–Crippen MR) is 68.4 cm³/mol. The smallest absolute Gasteiger partial charge is 0.224 e. The zero-order valence-corrected chi connectivity index (χ0v) is 10.6. The first-order valence-electron chi connectivity index (χ1n) is 6.51. The molecule has 0 bridgehead atoms. The van der Waals surface area contributed by atoms with Crippen molar-refractivity contribution in [3.8, 4) is 5.75 Å². The lowest BCUT2D eigenvalue weighted by Gasteiger charge is -2.26. The Morgan fingerprint density at radius 3 is 3.11 bits per heavy atom. The maximum atomic E-state index is 11.9. The van der Waals surface area contributed by atoms with E-state index in [0.29, 0.717) is 13.0 Å². The Labute approximate surface area is 107 Å². The van der Waals surface area contributed by atoms with Crippen LogP contribution in [0.3, 0.4) is 0 Å². The first-order valence-corrected chi connectivity index (χ1v) is 6.51. The molecule has 1 amide bonds. The van der Waals surface area contributed by atoms with Gasteiger partial charge < -0.3 is 15.4 Å². The van der Waals surface area contributed by atoms with E-state index in [9.17, 15) is 4.79 Å². The Bertz CT molecular complexity index is 487. The lowest BCUT2D eigenvalue weighted by Crippen LogP contribution is -2.32. The van der Waals surface area contributed by atoms with Crippen molar-refractivity contribution in [1.82, 2.24) is 4.90 Å². The number of likely N-dealkylation sites (tertiary alicyclic amines) is 1. The van der Waals surface area contributed by atoms with Crippen molar-refractivity contribution in [3.05, 3.63) is 29.3 Å². The number of amides is 1. The van der Waals surface area contributed by atoms with Crippen LogP contribution in [-0.2, 0) is 11.2 Å². The van der Waals surface area contributed by atoms with Crippen LogP contribution in [0, 0.1) is 0 Å². The van der Waals surface area contributed by atoms with E-state index in [2.05, 4.69) is 6.07 Å². The summed E-state index contributed by atoms with van der Waals surface area (Å²) >= 11 is 0. The average molecular weight is 246 g/mol. The van der Waals surface area contributed by atoms with Gasteiger partial charge in [-0.2, -0.15) is 0 Å². The first kappa shape index (κ1) is 11.5. The molecule has 0 saturated carbocycles. The maximum Gasteiger partial charge on any atom is 0.224 e. The highest BCUT2D eigenvalue weighted by Crippen LogP contribution is 2.35. The Morgan fingerprint density at radius 2 is 2.33 bits per heavy atom. The van der Waals surface area contributed by atoms with Crippen LogP contribution in [0.5, 0.6) is 5.75 Å². The van der Waals surface area contributed by atoms with Gasteiger partial charge in [-0.15, -0.1) is 0 Å². The zero-order chi connectivity index (χ0) is 12.7. The van der Waals surface area contributed by atoms with Gasteiger partial charge in [-0.05, 0) is 30.2 Å². The molecule has 2 aliphatic heterocycles. The molecule has 96 valence electrons. The molecule has 1 aromatic rings. The van der Waals surface area contributed by atoms with Gasteiger partial charge in [0.2, 0.25) is 5.91 Å². The van der Waals surface area contributed by atoms with Crippen LogP contribution in [0.4, 0.5) is 0 Å². The fraction of sp³-hybridized carbons (Fsp3) is 0.500. The summed E-state index contributed by atoms with van der Waals surface area (Å²) in [6.07, 6.45) is 1.40. The van der Waals surface area contributed by atoms with Gasteiger partial charge in [0.05, 0.1) is 12.6 Å². The van der Waals surface area contributed by atoms with Crippen LogP contribution in [0.1, 0.15) is 30.5 Å². The number of likely N-dealkylation sites (N-methyl/N-ethyl adjacent to an activating group) is 1. The minimum Gasteiger partial charge on any atom is -0.493 e. The number of hydrogen-bond donors (Lipinski definition) is 1. The van der Waals surface area contributed by atoms with Gasteiger partial charge in [0.15, 0.2) is 0 Å². The molecular formula is C14H18N2O2. The Balaban J connectivity index is 1.96. The minimum atomic E-state index is -0.0992. The van der Waals surface area contributed by atoms with E-state index >= 15 is 0 Å². The highest BCUT2D eigenvalue weighted by Gasteiger charge is 2.37. The molecule has 1 aromatic carbocycles. The van der Waals surface area contributed by atoms with E-state index in [1.165, 1.54) is 5.56 Å². The fourth-order valence-corrected chi connectivity index (χ4v) is 3.01. The lowest BCUT2D eigenvalue weighted by molar-refractivity contribution is -0.128. The second kappa shape index (κ2) is 4.28. The predicted octanol–water partition coefficient (Wildman–Crippen LogP) is 1.24. The summed E-state index contributed by atoms with van der Waals surface area (Å²) in [5.74, 6) is 1.13. The molecule has 1 saturated heterocycles. The van der Waals surface area contributed by atoms with Crippen LogP contribution < -0.4 is 10.5 Å². The van der Waals surface area contributed by atoms with Crippen molar-refractivity contribution in [2.45, 2.75) is 31.8 Å². The van der Waals surface area contributed by atoms with E-state index < -0.39 is 0 Å². The molecule has 2 aliphatic rings. The molecule has 2 atom stereocenters. The highest BCUT2D eigenvalue weighted by molar-refractivity contribution is 5.80. The number of ether oxygens (including phenoxy) is 1. The first-order chi connectivity index (χ1) is 8.70. The number of nitrogens with two attached hydrogens (primary N) is 1. The fourth-order valence-electron chi connectivity index (χ4n) is 3.01. The summed E-state index contributed by atoms with van der Waals surface area (Å²) in [4.78, 5) is 13.7. The van der Waals surface area contributed by atoms with Crippen molar-refractivity contribution < 1.29 is 9.53 Å². The second-order valence-corrected chi connectivity index (χ2v) is 4.96. The number of carbonyl (C=O) groups is 1. The van der Waals surface area contributed by atoms with Gasteiger partial charge in [-0.1, -0.05) is 6.07 Å². The van der Waals surface area contributed by atoms with E-state index in [-0.39, 0.29) is 18.0 Å². The van der Waals surface area contributed by atoms with Crippen molar-refractivity contribution in [2.75, 3.05) is 13.2 Å². The summed E-state index contributed by atoms with van der Waals surface area (Å²) < 4.78 is 5.51. The topological polar surface area (TPSA) is 55.6 Å². The van der Waals surface area contributed by atoms with Crippen LogP contribution in [0.25, 0.3) is 0 Å². The lowest BCUT2D eigenvalue weighted by atomic mass is 9.98. The van der Waals surface area contributed by atoms with Crippen LogP contribution in [0.2, 0.25) is 0 Å². The van der Waals surface area contributed by atoms with Gasteiger partial charge in [0.25, 0.3) is 0 Å². The van der Waals surface area contributed by atoms with Gasteiger partial charge in [-0.25, -0.2) is 0 Å². The highest BCUT2D eigenvalue weighted by atomic mass is 16.5. The molecule has 18 heavy (non-hydrogen) atoms. The Kier molecular flexibility index (Phi) is 2.74. The second-order valence-electron chi connectivity index (χ2n) is 4.96. The Hall–Kier alpha value is -1.55. The Morgan fingerprint density at radius 1 is 1.50 bits per heavy atom. The number of fused-ring (bicyclic) bond motifs is 1. The third kappa shape index (κ3) is 1.68. The molecule has 0 aliphatic carbocycles. The van der Waals surface area contributed by atoms with Gasteiger partial charge in [0.1, 0.15) is 5.75 Å². The molecule has 2 unspecified atom stereocenters. The number of benzene rings is 1. The van der Waals surface area contributed by atoms with E-state index in [4.69, 9.17) is 10.5 Å². The largest absolute Gasteiger partial charge is 0.493 e. The van der Waals surface area contributed by atoms with Gasteiger partial charge in [0, 0.05) is 25.4 Å². The molecule has 0 radical (unpaired) electrons. The van der Waals surface area contributed by atoms with Gasteiger partial charge in [-0.3, -0.25) is 4.79 Å². The summed E-state index contributed by atoms with van der Waals surface area (Å²) in [6.45, 7) is 3.47. The molecule has 4 nitrogen and oxygen atoms in total. The normalized spacial score (nSPS) is 26.3. The van der Waals surface area contributed by atoms with Crippen LogP contribution in [-0.4, -0.2) is 30.0 Å². The average Bonchev–Trinajstić information content (AvgIpc) is 2.91. The summed E-state index contributed by atoms with van der Waals surface area (Å²) in [7, 11) is 0. The standard InChI is InChI=1S/C14H18N2O2/c1-2-16-13(17)8-11(15)14(16)10-3-4-12-9(7-10)5-6-18-12/h3-4,7,11,14H,2,5-6,8,15H2,1H3. The minimum absolute atomic E-state index is 0.0217. The van der Waals surface area contributed by atoms with Crippen molar-refractivity contribution in [2.24, 2.45) is 5.73 Å². The number of rotatable bonds is 2. The van der Waals surface area contributed by atoms with E-state index in [1.807, 2.05) is 24.0 Å². The third-order valence-electron chi connectivity index (χ3n) is 3.87. The van der Waals surface area contributed by atoms with Crippen molar-refractivity contribution >= 4 is 5.91 Å². The number of nitrogens with zero attached hydrogens (tertiary/aromatic N) is 1. The van der Waals surface area contributed by atoms with Crippen molar-refractivity contribution in [1.29, 1.82) is 0 Å². The SMILES string of the molecule is CCN1C(=O)CC(N)C1c1ccc2c(c1)CCO2. The summed E-state index contributed by atoms with van der Waals surface area (Å²) in [5.41, 5.74) is 8.49. The molecule has 2 N–H and O–H groups in total. The monoisotopic (exact) mass is 246 g/mol. The maximum absolute atomic E-state index is 11.9. The molecule has 2 heterocycles. The third-order valence-corrected chi connectivity index (χ3v) is 3.87. The van der Waals surface area contributed by atoms with Crippen LogP contribution >= 0.6 is 0 Å². The quantitative estimate of drug-likeness (QED) is 0.854. The summed E-state index contributed by atoms with van der Waals surface area (Å²) in [5, 5.41) is 0. The number of carbonyl (C=O) groups excluding carboxylic acids is 1. The van der Waals surface area contributed by atoms with Gasteiger partial charge >= 0.3 is 0 Å². The molecule has 0 aromatic heterocycles. The van der Waals surface area contributed by atoms with E-state index in [0.717, 1.165) is 24.3 Å². The molecule has 1 fully saturated rings. The zero-order valence-electron chi connectivity index (χ0n) is 10.6. The van der Waals surface area contributed by atoms with Crippen molar-refractivity contribution in [3.63, 3.8) is 0 Å². The molecular weight excluding hydrogens is 228 g/mol. The summed E-state index contributed by atoms with van der Waals surface area (Å²) in [6, 6.07) is 6.11. The molecule has 0 spiro atoms. The number of hydrogen-bond acceptors (Lipinski definition) is 3. The van der Waals surface area contributed by atoms with Crippen LogP contribution in [0.15, 0.2) is 18.2 Å². The molecule has 3 rings (SSSR count). The van der Waals surface area contributed by atoms with E-state index in [1.54, 1.807) is 0 Å².